The normalized spacial score (nSPS) is 14.9. The molecule has 1 aliphatic heterocycles. The summed E-state index contributed by atoms with van der Waals surface area (Å²) in [5.74, 6) is 0.215. The fraction of sp³-hybridized carbons (Fsp3) is 0.182. The molecule has 0 spiro atoms. The van der Waals surface area contributed by atoms with Gasteiger partial charge in [-0.3, -0.25) is 9.56 Å². The molecule has 5 heteroatoms. The molecule has 3 aromatic rings. The molecular formula is C22H21N3OS. The number of hydrogen-bond acceptors (Lipinski definition) is 4. The second-order valence-electron chi connectivity index (χ2n) is 6.60. The standard InChI is InChI=1S/C22H21N3OS/c1-4-15-6-5-7-18-16(13-23-20(15)18)12-19-21(26)25(3)22(27-19)24-17-10-8-14(2)9-11-17/h5-13,26H,4H2,1-3H3. The fourth-order valence-corrected chi connectivity index (χ4v) is 4.10. The van der Waals surface area contributed by atoms with E-state index in [1.165, 1.54) is 22.5 Å². The average molecular weight is 375 g/mol. The Hall–Kier alpha value is -2.92. The number of aromatic nitrogens is 1. The van der Waals surface area contributed by atoms with Gasteiger partial charge >= 0.3 is 0 Å². The molecule has 1 aromatic heterocycles. The largest absolute Gasteiger partial charge is 0.493 e. The minimum atomic E-state index is 0.215. The highest BCUT2D eigenvalue weighted by Crippen LogP contribution is 2.37. The zero-order valence-electron chi connectivity index (χ0n) is 15.6. The predicted molar refractivity (Wildman–Crippen MR) is 113 cm³/mol. The zero-order chi connectivity index (χ0) is 19.0. The molecule has 4 nitrogen and oxygen atoms in total. The maximum Gasteiger partial charge on any atom is 0.210 e. The number of hydrogen-bond donors (Lipinski definition) is 1. The number of aromatic hydroxyl groups is 1. The summed E-state index contributed by atoms with van der Waals surface area (Å²) >= 11 is 1.46. The van der Waals surface area contributed by atoms with Crippen LogP contribution in [0.2, 0.25) is 0 Å². The monoisotopic (exact) mass is 375 g/mol. The lowest BCUT2D eigenvalue weighted by atomic mass is 10.0. The molecule has 0 radical (unpaired) electrons. The van der Waals surface area contributed by atoms with Gasteiger partial charge in [-0.25, -0.2) is 4.99 Å². The number of allylic oxidation sites excluding steroid dienone is 1. The molecule has 0 atom stereocenters. The number of aliphatic imine (C=N–C) groups is 1. The van der Waals surface area contributed by atoms with Crippen LogP contribution >= 0.6 is 11.3 Å². The summed E-state index contributed by atoms with van der Waals surface area (Å²) in [5.41, 5.74) is 6.47. The van der Waals surface area contributed by atoms with Crippen molar-refractivity contribution in [2.24, 2.45) is 17.0 Å². The Labute approximate surface area is 162 Å². The van der Waals surface area contributed by atoms with Gasteiger partial charge in [0.05, 0.1) is 16.3 Å². The van der Waals surface area contributed by atoms with Crippen molar-refractivity contribution < 1.29 is 5.11 Å². The van der Waals surface area contributed by atoms with Crippen LogP contribution in [-0.4, -0.2) is 15.9 Å². The van der Waals surface area contributed by atoms with Crippen molar-refractivity contribution in [3.05, 3.63) is 68.8 Å². The van der Waals surface area contributed by atoms with E-state index in [0.29, 0.717) is 0 Å². The molecule has 27 heavy (non-hydrogen) atoms. The van der Waals surface area contributed by atoms with E-state index in [4.69, 9.17) is 0 Å². The second-order valence-corrected chi connectivity index (χ2v) is 7.61. The topological polar surface area (TPSA) is 49.9 Å². The Morgan fingerprint density at radius 1 is 1.19 bits per heavy atom. The molecule has 0 aliphatic carbocycles. The Morgan fingerprint density at radius 2 is 1.96 bits per heavy atom. The van der Waals surface area contributed by atoms with Gasteiger partial charge in [-0.1, -0.05) is 54.2 Å². The Bertz CT molecular complexity index is 1130. The highest BCUT2D eigenvalue weighted by atomic mass is 32.1. The number of rotatable bonds is 3. The summed E-state index contributed by atoms with van der Waals surface area (Å²) in [5, 5.41) is 10.6. The summed E-state index contributed by atoms with van der Waals surface area (Å²) in [4.78, 5) is 10.8. The van der Waals surface area contributed by atoms with Crippen LogP contribution in [-0.2, 0) is 13.5 Å². The number of benzene rings is 2. The summed E-state index contributed by atoms with van der Waals surface area (Å²) in [6, 6.07) is 14.3. The van der Waals surface area contributed by atoms with E-state index in [2.05, 4.69) is 42.0 Å². The lowest BCUT2D eigenvalue weighted by Crippen LogP contribution is -2.08. The van der Waals surface area contributed by atoms with Gasteiger partial charge in [-0.2, -0.15) is 0 Å². The lowest BCUT2D eigenvalue weighted by Gasteiger charge is -2.04. The highest BCUT2D eigenvalue weighted by molar-refractivity contribution is 7.10. The number of para-hydroxylation sites is 1. The molecule has 0 saturated heterocycles. The first-order valence-electron chi connectivity index (χ1n) is 8.95. The summed E-state index contributed by atoms with van der Waals surface area (Å²) in [7, 11) is 1.83. The lowest BCUT2D eigenvalue weighted by molar-refractivity contribution is 0.427. The predicted octanol–water partition coefficient (Wildman–Crippen LogP) is 5.15. The van der Waals surface area contributed by atoms with Crippen molar-refractivity contribution in [1.82, 2.24) is 4.57 Å². The molecular weight excluding hydrogens is 354 g/mol. The molecule has 4 rings (SSSR count). The molecule has 2 heterocycles. The van der Waals surface area contributed by atoms with E-state index in [-0.39, 0.29) is 5.88 Å². The first-order chi connectivity index (χ1) is 13.1. The van der Waals surface area contributed by atoms with E-state index in [9.17, 15) is 5.11 Å². The molecule has 0 saturated carbocycles. The number of nitrogens with zero attached hydrogens (tertiary/aromatic N) is 3. The van der Waals surface area contributed by atoms with Crippen molar-refractivity contribution in [2.45, 2.75) is 20.3 Å². The molecule has 0 unspecified atom stereocenters. The number of thiazole rings is 1. The van der Waals surface area contributed by atoms with Crippen LogP contribution in [0.5, 0.6) is 5.88 Å². The third-order valence-corrected chi connectivity index (χ3v) is 5.78. The smallest absolute Gasteiger partial charge is 0.210 e. The van der Waals surface area contributed by atoms with Crippen molar-refractivity contribution >= 4 is 40.6 Å². The van der Waals surface area contributed by atoms with Gasteiger partial charge < -0.3 is 5.11 Å². The van der Waals surface area contributed by atoms with Crippen LogP contribution < -0.4 is 4.80 Å². The number of fused-ring (bicyclic) bond motifs is 1. The van der Waals surface area contributed by atoms with Gasteiger partial charge in [0, 0.05) is 24.4 Å². The quantitative estimate of drug-likeness (QED) is 0.676. The fourth-order valence-electron chi connectivity index (χ4n) is 3.11. The maximum absolute atomic E-state index is 10.6. The van der Waals surface area contributed by atoms with Crippen LogP contribution in [0.4, 0.5) is 11.4 Å². The highest BCUT2D eigenvalue weighted by Gasteiger charge is 2.16. The molecule has 2 aromatic carbocycles. The Kier molecular flexibility index (Phi) is 4.54. The van der Waals surface area contributed by atoms with E-state index < -0.39 is 0 Å². The van der Waals surface area contributed by atoms with Gasteiger partial charge in [-0.05, 0) is 37.1 Å². The summed E-state index contributed by atoms with van der Waals surface area (Å²) in [6.45, 7) is 4.19. The molecule has 0 bridgehead atoms. The van der Waals surface area contributed by atoms with Crippen LogP contribution in [0, 0.1) is 6.92 Å². The van der Waals surface area contributed by atoms with Gasteiger partial charge in [0.25, 0.3) is 0 Å². The first-order valence-corrected chi connectivity index (χ1v) is 9.76. The van der Waals surface area contributed by atoms with Crippen LogP contribution in [0.25, 0.3) is 11.6 Å². The summed E-state index contributed by atoms with van der Waals surface area (Å²) in [6.07, 6.45) is 4.81. The minimum absolute atomic E-state index is 0.215. The van der Waals surface area contributed by atoms with Gasteiger partial charge in [0.1, 0.15) is 0 Å². The van der Waals surface area contributed by atoms with Crippen LogP contribution in [0.3, 0.4) is 0 Å². The SMILES string of the molecule is CCc1cccc2c1N=CC2=Cc1sc(=Nc2ccc(C)cc2)n(C)c1O. The molecule has 136 valence electrons. The number of aryl methyl sites for hydroxylation is 2. The average Bonchev–Trinajstić information content (AvgIpc) is 3.20. The first kappa shape index (κ1) is 17.5. The van der Waals surface area contributed by atoms with Crippen molar-refractivity contribution in [1.29, 1.82) is 0 Å². The third kappa shape index (κ3) is 3.26. The van der Waals surface area contributed by atoms with Gasteiger partial charge in [0.15, 0.2) is 4.80 Å². The molecule has 0 amide bonds. The van der Waals surface area contributed by atoms with E-state index in [1.807, 2.05) is 43.6 Å². The van der Waals surface area contributed by atoms with Crippen molar-refractivity contribution in [2.75, 3.05) is 0 Å². The molecule has 0 fully saturated rings. The van der Waals surface area contributed by atoms with Crippen LogP contribution in [0.1, 0.15) is 28.5 Å². The zero-order valence-corrected chi connectivity index (χ0v) is 16.4. The Morgan fingerprint density at radius 3 is 2.70 bits per heavy atom. The van der Waals surface area contributed by atoms with E-state index in [0.717, 1.165) is 38.6 Å². The third-order valence-electron chi connectivity index (χ3n) is 4.72. The van der Waals surface area contributed by atoms with E-state index in [1.54, 1.807) is 4.57 Å². The second kappa shape index (κ2) is 7.00. The molecule has 1 N–H and O–H groups in total. The van der Waals surface area contributed by atoms with Gasteiger partial charge in [0.2, 0.25) is 5.88 Å². The van der Waals surface area contributed by atoms with Crippen molar-refractivity contribution in [3.63, 3.8) is 0 Å². The summed E-state index contributed by atoms with van der Waals surface area (Å²) < 4.78 is 1.71. The van der Waals surface area contributed by atoms with Gasteiger partial charge in [-0.15, -0.1) is 0 Å². The maximum atomic E-state index is 10.6. The van der Waals surface area contributed by atoms with E-state index >= 15 is 0 Å². The van der Waals surface area contributed by atoms with Crippen molar-refractivity contribution in [3.8, 4) is 5.88 Å². The van der Waals surface area contributed by atoms with Crippen LogP contribution in [0.15, 0.2) is 52.4 Å². The molecule has 1 aliphatic rings. The Balaban J connectivity index is 1.77. The minimum Gasteiger partial charge on any atom is -0.493 e.